The number of carbonyl (C=O) groups excluding carboxylic acids is 1. The fraction of sp³-hybridized carbons (Fsp3) is 0.368. The van der Waals surface area contributed by atoms with Gasteiger partial charge in [-0.15, -0.1) is 0 Å². The smallest absolute Gasteiger partial charge is 0.360 e. The molecule has 0 spiro atoms. The van der Waals surface area contributed by atoms with Gasteiger partial charge in [0.2, 0.25) is 0 Å². The molecule has 1 aromatic heterocycles. The molecule has 2 N–H and O–H groups in total. The van der Waals surface area contributed by atoms with Crippen LogP contribution in [-0.4, -0.2) is 41.0 Å². The average Bonchev–Trinajstić information content (AvgIpc) is 2.75. The van der Waals surface area contributed by atoms with Crippen LogP contribution >= 0.6 is 27.5 Å². The van der Waals surface area contributed by atoms with Crippen molar-refractivity contribution in [3.05, 3.63) is 57.8 Å². The molecule has 1 unspecified atom stereocenters. The first-order valence-corrected chi connectivity index (χ1v) is 10.3. The van der Waals surface area contributed by atoms with Gasteiger partial charge in [0, 0.05) is 21.4 Å². The van der Waals surface area contributed by atoms with Crippen molar-refractivity contribution in [2.75, 3.05) is 5.32 Å². The number of hydrogen-bond acceptors (Lipinski definition) is 3. The van der Waals surface area contributed by atoms with Crippen molar-refractivity contribution >= 4 is 39.1 Å². The standard InChI is InChI=1S/C17H10BrClF9N3O.C2H6/c18-8-1-6-11(29-7-8)12(32)31-13(30-10-4-2-9(19)3-5-10)14(20,21)15(22,23)16(24,25)17(26,27)28;1-2/h1-7,13,30H,(H,31,32);1-2H3. The maximum atomic E-state index is 14.5. The molecular formula is C19H16BrClF9N3O. The highest BCUT2D eigenvalue weighted by Crippen LogP contribution is 2.54. The third-order valence-electron chi connectivity index (χ3n) is 3.92. The first kappa shape index (κ1) is 29.8. The van der Waals surface area contributed by atoms with Gasteiger partial charge in [-0.3, -0.25) is 4.79 Å². The highest BCUT2D eigenvalue weighted by molar-refractivity contribution is 9.10. The van der Waals surface area contributed by atoms with Crippen LogP contribution in [0, 0.1) is 0 Å². The van der Waals surface area contributed by atoms with Gasteiger partial charge in [0.15, 0.2) is 6.17 Å². The first-order valence-electron chi connectivity index (χ1n) is 9.15. The molecule has 190 valence electrons. The topological polar surface area (TPSA) is 54.0 Å². The molecule has 4 nitrogen and oxygen atoms in total. The predicted molar refractivity (Wildman–Crippen MR) is 111 cm³/mol. The van der Waals surface area contributed by atoms with Crippen molar-refractivity contribution in [1.82, 2.24) is 10.3 Å². The zero-order valence-electron chi connectivity index (χ0n) is 17.1. The number of hydrogen-bond donors (Lipinski definition) is 2. The fourth-order valence-electron chi connectivity index (χ4n) is 2.21. The Bertz CT molecular complexity index is 955. The average molecular weight is 589 g/mol. The highest BCUT2D eigenvalue weighted by atomic mass is 79.9. The summed E-state index contributed by atoms with van der Waals surface area (Å²) in [4.78, 5) is 15.7. The van der Waals surface area contributed by atoms with Crippen molar-refractivity contribution in [3.8, 4) is 0 Å². The molecule has 0 saturated carbocycles. The molecule has 1 atom stereocenters. The molecule has 1 aromatic carbocycles. The molecule has 0 aliphatic carbocycles. The van der Waals surface area contributed by atoms with Crippen LogP contribution in [0.5, 0.6) is 0 Å². The number of benzene rings is 1. The largest absolute Gasteiger partial charge is 0.460 e. The van der Waals surface area contributed by atoms with Gasteiger partial charge in [-0.25, -0.2) is 4.98 Å². The van der Waals surface area contributed by atoms with E-state index in [-0.39, 0.29) is 5.02 Å². The number of anilines is 1. The van der Waals surface area contributed by atoms with Gasteiger partial charge in [-0.2, -0.15) is 39.5 Å². The van der Waals surface area contributed by atoms with Crippen molar-refractivity contribution in [1.29, 1.82) is 0 Å². The molecule has 0 radical (unpaired) electrons. The zero-order chi connectivity index (χ0) is 26.5. The number of nitrogens with one attached hydrogen (secondary N) is 2. The number of nitrogens with zero attached hydrogens (tertiary/aromatic N) is 1. The normalized spacial score (nSPS) is 13.4. The summed E-state index contributed by atoms with van der Waals surface area (Å²) in [5.74, 6) is -21.8. The minimum Gasteiger partial charge on any atom is -0.360 e. The molecule has 2 aromatic rings. The van der Waals surface area contributed by atoms with Crippen LogP contribution in [0.3, 0.4) is 0 Å². The van der Waals surface area contributed by atoms with Crippen LogP contribution in [-0.2, 0) is 0 Å². The summed E-state index contributed by atoms with van der Waals surface area (Å²) in [6.45, 7) is 4.00. The van der Waals surface area contributed by atoms with Crippen molar-refractivity contribution < 1.29 is 44.3 Å². The third kappa shape index (κ3) is 6.26. The fourth-order valence-corrected chi connectivity index (χ4v) is 2.57. The quantitative estimate of drug-likeness (QED) is 0.267. The first-order chi connectivity index (χ1) is 15.5. The Labute approximate surface area is 201 Å². The maximum Gasteiger partial charge on any atom is 0.460 e. The Morgan fingerprint density at radius 1 is 0.912 bits per heavy atom. The second kappa shape index (κ2) is 11.0. The van der Waals surface area contributed by atoms with E-state index in [1.807, 2.05) is 13.8 Å². The van der Waals surface area contributed by atoms with E-state index in [1.165, 1.54) is 11.4 Å². The van der Waals surface area contributed by atoms with Gasteiger partial charge in [0.05, 0.1) is 0 Å². The molecule has 0 aliphatic rings. The van der Waals surface area contributed by atoms with Crippen LogP contribution in [0.25, 0.3) is 0 Å². The van der Waals surface area contributed by atoms with Gasteiger partial charge < -0.3 is 10.6 Å². The van der Waals surface area contributed by atoms with Crippen LogP contribution in [0.15, 0.2) is 47.1 Å². The number of alkyl halides is 9. The predicted octanol–water partition coefficient (Wildman–Crippen LogP) is 7.16. The van der Waals surface area contributed by atoms with E-state index in [1.54, 1.807) is 5.32 Å². The molecule has 15 heteroatoms. The summed E-state index contributed by atoms with van der Waals surface area (Å²) in [6, 6.07) is 6.22. The molecule has 1 heterocycles. The number of aromatic nitrogens is 1. The number of amides is 1. The Morgan fingerprint density at radius 2 is 1.44 bits per heavy atom. The monoisotopic (exact) mass is 587 g/mol. The summed E-state index contributed by atoms with van der Waals surface area (Å²) in [6.07, 6.45) is -9.41. The zero-order valence-corrected chi connectivity index (χ0v) is 19.5. The molecular weight excluding hydrogens is 573 g/mol. The second-order valence-electron chi connectivity index (χ2n) is 6.19. The summed E-state index contributed by atoms with van der Waals surface area (Å²) in [5.41, 5.74) is -1.06. The van der Waals surface area contributed by atoms with Crippen LogP contribution in [0.4, 0.5) is 45.2 Å². The molecule has 0 bridgehead atoms. The van der Waals surface area contributed by atoms with Crippen LogP contribution in [0.2, 0.25) is 5.02 Å². The lowest BCUT2D eigenvalue weighted by atomic mass is 10.0. The number of halogens is 11. The summed E-state index contributed by atoms with van der Waals surface area (Å²) >= 11 is 8.56. The lowest BCUT2D eigenvalue weighted by Crippen LogP contribution is -2.68. The third-order valence-corrected chi connectivity index (χ3v) is 4.64. The number of carbonyl (C=O) groups is 1. The van der Waals surface area contributed by atoms with Crippen LogP contribution < -0.4 is 10.6 Å². The van der Waals surface area contributed by atoms with E-state index in [2.05, 4.69) is 20.9 Å². The summed E-state index contributed by atoms with van der Waals surface area (Å²) < 4.78 is 121. The van der Waals surface area contributed by atoms with E-state index in [0.717, 1.165) is 36.5 Å². The van der Waals surface area contributed by atoms with E-state index in [4.69, 9.17) is 11.6 Å². The molecule has 34 heavy (non-hydrogen) atoms. The van der Waals surface area contributed by atoms with E-state index < -0.39 is 47.4 Å². The minimum absolute atomic E-state index is 0.0656. The lowest BCUT2D eigenvalue weighted by Gasteiger charge is -2.38. The molecule has 2 rings (SSSR count). The molecule has 0 saturated heterocycles. The van der Waals surface area contributed by atoms with E-state index >= 15 is 0 Å². The van der Waals surface area contributed by atoms with Gasteiger partial charge in [-0.05, 0) is 52.3 Å². The molecule has 0 fully saturated rings. The van der Waals surface area contributed by atoms with Crippen molar-refractivity contribution in [2.45, 2.75) is 44.0 Å². The Kier molecular flexibility index (Phi) is 9.66. The van der Waals surface area contributed by atoms with Gasteiger partial charge in [0.25, 0.3) is 5.91 Å². The van der Waals surface area contributed by atoms with E-state index in [9.17, 15) is 44.3 Å². The van der Waals surface area contributed by atoms with Crippen molar-refractivity contribution in [3.63, 3.8) is 0 Å². The SMILES string of the molecule is CC.O=C(NC(Nc1ccc(Cl)cc1)C(F)(F)C(F)(F)C(F)(F)C(F)(F)F)c1ccc(Br)cn1. The second-order valence-corrected chi connectivity index (χ2v) is 7.54. The molecule has 1 amide bonds. The lowest BCUT2D eigenvalue weighted by molar-refractivity contribution is -0.398. The molecule has 0 aliphatic heterocycles. The number of pyridine rings is 1. The van der Waals surface area contributed by atoms with Crippen molar-refractivity contribution in [2.24, 2.45) is 0 Å². The van der Waals surface area contributed by atoms with E-state index in [0.29, 0.717) is 4.47 Å². The summed E-state index contributed by atoms with van der Waals surface area (Å²) in [7, 11) is 0. The maximum absolute atomic E-state index is 14.5. The Morgan fingerprint density at radius 3 is 1.88 bits per heavy atom. The Balaban J connectivity index is 0.00000281. The number of rotatable bonds is 7. The van der Waals surface area contributed by atoms with Gasteiger partial charge in [0.1, 0.15) is 5.69 Å². The van der Waals surface area contributed by atoms with Gasteiger partial charge in [-0.1, -0.05) is 25.4 Å². The highest BCUT2D eigenvalue weighted by Gasteiger charge is 2.83. The Hall–Kier alpha value is -2.22. The van der Waals surface area contributed by atoms with Crippen LogP contribution in [0.1, 0.15) is 24.3 Å². The van der Waals surface area contributed by atoms with Gasteiger partial charge >= 0.3 is 23.9 Å². The minimum atomic E-state index is -7.13. The summed E-state index contributed by atoms with van der Waals surface area (Å²) in [5, 5.41) is 2.99.